The number of rotatable bonds is 9. The second kappa shape index (κ2) is 23.8. The van der Waals surface area contributed by atoms with Crippen LogP contribution >= 0.6 is 71.2 Å². The molecule has 1 aliphatic heterocycles. The van der Waals surface area contributed by atoms with Crippen LogP contribution in [0.5, 0.6) is 0 Å². The third-order valence-corrected chi connectivity index (χ3v) is 11.6. The molecule has 3 heterocycles. The minimum Gasteiger partial charge on any atom is -0.351 e. The first kappa shape index (κ1) is 55.8. The average molecular weight is 1070 g/mol. The van der Waals surface area contributed by atoms with Gasteiger partial charge in [0, 0.05) is 57.3 Å². The van der Waals surface area contributed by atoms with Gasteiger partial charge in [-0.1, -0.05) is 148 Å². The van der Waals surface area contributed by atoms with E-state index in [1.165, 1.54) is 49.7 Å². The topological polar surface area (TPSA) is 97.0 Å². The van der Waals surface area contributed by atoms with Crippen LogP contribution in [0.4, 0.5) is 11.4 Å². The molecule has 0 radical (unpaired) electrons. The summed E-state index contributed by atoms with van der Waals surface area (Å²) < 4.78 is 8.66. The van der Waals surface area contributed by atoms with Crippen molar-refractivity contribution in [2.75, 3.05) is 36.1 Å². The maximum atomic E-state index is 11.2. The van der Waals surface area contributed by atoms with Crippen molar-refractivity contribution in [1.82, 2.24) is 5.32 Å². The number of hydrogen-bond donors (Lipinski definition) is 2. The van der Waals surface area contributed by atoms with Gasteiger partial charge < -0.3 is 24.8 Å². The molecule has 6 aromatic carbocycles. The van der Waals surface area contributed by atoms with Crippen molar-refractivity contribution < 1.29 is 13.6 Å². The fourth-order valence-electron chi connectivity index (χ4n) is 8.61. The molecule has 1 amide bonds. The minimum absolute atomic E-state index is 0. The zero-order valence-electron chi connectivity index (χ0n) is 39.6. The summed E-state index contributed by atoms with van der Waals surface area (Å²) in [5.74, 6) is 2.95. The van der Waals surface area contributed by atoms with Crippen LogP contribution in [0, 0.1) is 0 Å². The van der Waals surface area contributed by atoms with Gasteiger partial charge in [-0.15, -0.1) is 11.6 Å². The smallest absolute Gasteiger partial charge is 0.251 e. The SMILES string of the molecule is C.CC(C)c1cc2oc3ccccc3c2c(C(C)C)c1N.CC(C)c1cc2oc3ccccc3c2c(C(C)C)c1N1CCN=C1c1ccccc1.ClP(Cl)(Cl)(Cl)Cl.O=C(NCCCl)c1ccccc1. The third-order valence-electron chi connectivity index (χ3n) is 11.4. The maximum Gasteiger partial charge on any atom is 0.251 e. The van der Waals surface area contributed by atoms with E-state index in [2.05, 4.69) is 132 Å². The van der Waals surface area contributed by atoms with E-state index in [-0.39, 0.29) is 13.3 Å². The number of nitrogen functional groups attached to an aromatic ring is 1. The number of fused-ring (bicyclic) bond motifs is 6. The molecule has 0 fully saturated rings. The Morgan fingerprint density at radius 3 is 1.58 bits per heavy atom. The van der Waals surface area contributed by atoms with E-state index in [4.69, 9.17) is 87.4 Å². The van der Waals surface area contributed by atoms with Gasteiger partial charge in [0.2, 0.25) is 0 Å². The molecule has 0 unspecified atom stereocenters. The summed E-state index contributed by atoms with van der Waals surface area (Å²) in [6.07, 6.45) is 0. The molecule has 0 atom stereocenters. The van der Waals surface area contributed by atoms with Gasteiger partial charge in [0.15, 0.2) is 0 Å². The number of alkyl halides is 1. The summed E-state index contributed by atoms with van der Waals surface area (Å²) in [6, 6.07) is 40.6. The number of aliphatic imine (C=N–C) groups is 1. The molecule has 0 bridgehead atoms. The van der Waals surface area contributed by atoms with E-state index in [1.807, 2.05) is 42.5 Å². The molecule has 3 N–H and O–H groups in total. The fraction of sp³-hybridized carbons (Fsp3) is 0.309. The van der Waals surface area contributed by atoms with E-state index in [9.17, 15) is 4.79 Å². The number of anilines is 2. The van der Waals surface area contributed by atoms with E-state index in [0.717, 1.165) is 52.3 Å². The van der Waals surface area contributed by atoms with Gasteiger partial charge in [0.25, 0.3) is 5.91 Å². The summed E-state index contributed by atoms with van der Waals surface area (Å²) in [6.45, 7) is 20.1. The second-order valence-electron chi connectivity index (χ2n) is 17.8. The summed E-state index contributed by atoms with van der Waals surface area (Å²) in [7, 11) is 0. The Morgan fingerprint density at radius 2 is 1.10 bits per heavy atom. The number of carbonyl (C=O) groups excluding carboxylic acids is 1. The van der Waals surface area contributed by atoms with Crippen LogP contribution in [0.3, 0.4) is 0 Å². The first-order valence-corrected chi connectivity index (χ1v) is 30.0. The average Bonchev–Trinajstić information content (AvgIpc) is 4.03. The molecule has 0 saturated carbocycles. The van der Waals surface area contributed by atoms with Gasteiger partial charge in [0.05, 0.1) is 12.2 Å². The number of para-hydroxylation sites is 2. The Bertz CT molecular complexity index is 3010. The van der Waals surface area contributed by atoms with Crippen molar-refractivity contribution in [3.8, 4) is 0 Å². The van der Waals surface area contributed by atoms with Crippen LogP contribution in [0.15, 0.2) is 135 Å². The van der Waals surface area contributed by atoms with E-state index >= 15 is 0 Å². The molecule has 8 aromatic rings. The van der Waals surface area contributed by atoms with Crippen LogP contribution < -0.4 is 16.0 Å². The molecule has 9 rings (SSSR count). The fourth-order valence-corrected chi connectivity index (χ4v) is 8.71. The van der Waals surface area contributed by atoms with Crippen molar-refractivity contribution >= 4 is 138 Å². The largest absolute Gasteiger partial charge is 0.351 e. The Morgan fingerprint density at radius 1 is 0.652 bits per heavy atom. The summed E-state index contributed by atoms with van der Waals surface area (Å²) in [5, 5.41) is 7.46. The number of furan rings is 2. The third kappa shape index (κ3) is 14.0. The van der Waals surface area contributed by atoms with Gasteiger partial charge in [0.1, 0.15) is 28.2 Å². The Labute approximate surface area is 436 Å². The first-order valence-electron chi connectivity index (χ1n) is 22.7. The molecule has 14 heteroatoms. The van der Waals surface area contributed by atoms with Gasteiger partial charge in [-0.3, -0.25) is 9.79 Å². The Hall–Kier alpha value is -4.17. The molecule has 0 saturated heterocycles. The number of benzene rings is 6. The number of amides is 1. The van der Waals surface area contributed by atoms with Gasteiger partial charge in [-0.25, -0.2) is 0 Å². The zero-order valence-corrected chi connectivity index (χ0v) is 45.0. The van der Waals surface area contributed by atoms with E-state index in [1.54, 1.807) is 12.1 Å². The van der Waals surface area contributed by atoms with Crippen molar-refractivity contribution in [3.63, 3.8) is 0 Å². The first-order chi connectivity index (χ1) is 32.1. The monoisotopic (exact) mass is 1070 g/mol. The molecule has 368 valence electrons. The van der Waals surface area contributed by atoms with Crippen LogP contribution in [0.2, 0.25) is 0 Å². The van der Waals surface area contributed by atoms with Crippen LogP contribution in [-0.2, 0) is 0 Å². The van der Waals surface area contributed by atoms with Crippen molar-refractivity contribution in [2.45, 2.75) is 86.5 Å². The standard InChI is InChI=1S/C27H28N2O.C18H21NO.C9H10ClNO.CH4.Cl5P/c1-17(2)21-16-23-25(20-12-8-9-13-22(20)30-23)24(18(3)4)26(21)29-15-14-28-27(29)19-10-6-5-7-11-19;1-10(2)13-9-15-17(16(11(3)4)18(13)19)12-7-5-6-8-14(12)20-15;10-6-7-11-9(12)8-4-2-1-3-5-8;;1-6(2,3,4)5/h5-13,16-18H,14-15H2,1-4H3;5-11H,19H2,1-4H3;1-5H,6-7H2,(H,11,12);1H4;. The number of amidine groups is 1. The maximum absolute atomic E-state index is 11.2. The predicted octanol–water partition coefficient (Wildman–Crippen LogP) is 19.1. The second-order valence-corrected chi connectivity index (χ2v) is 34.7. The van der Waals surface area contributed by atoms with Crippen molar-refractivity contribution in [2.24, 2.45) is 4.99 Å². The minimum atomic E-state index is -3.69. The molecular formula is C55H63Cl6N4O3P. The molecule has 0 spiro atoms. The number of carbonyl (C=O) groups is 1. The normalized spacial score (nSPS) is 13.1. The van der Waals surface area contributed by atoms with Gasteiger partial charge in [-0.2, -0.15) is 0 Å². The van der Waals surface area contributed by atoms with E-state index in [0.29, 0.717) is 41.7 Å². The molecule has 69 heavy (non-hydrogen) atoms. The Balaban J connectivity index is 0.000000196. The van der Waals surface area contributed by atoms with Crippen LogP contribution in [-0.4, -0.2) is 37.3 Å². The van der Waals surface area contributed by atoms with E-state index < -0.39 is 3.37 Å². The Kier molecular flexibility index (Phi) is 19.3. The van der Waals surface area contributed by atoms with Crippen LogP contribution in [0.1, 0.15) is 125 Å². The van der Waals surface area contributed by atoms with Crippen LogP contribution in [0.25, 0.3) is 43.9 Å². The molecule has 1 aliphatic rings. The number of nitrogens with zero attached hydrogens (tertiary/aromatic N) is 2. The molecule has 7 nitrogen and oxygen atoms in total. The molecule has 2 aromatic heterocycles. The van der Waals surface area contributed by atoms with Gasteiger partial charge >= 0.3 is 59.6 Å². The number of nitrogens with two attached hydrogens (primary N) is 1. The van der Waals surface area contributed by atoms with Crippen molar-refractivity contribution in [1.29, 1.82) is 0 Å². The predicted molar refractivity (Wildman–Crippen MR) is 306 cm³/mol. The summed E-state index contributed by atoms with van der Waals surface area (Å²) in [5.41, 5.74) is 19.5. The molecule has 0 aliphatic carbocycles. The molecular weight excluding hydrogens is 1010 g/mol. The quantitative estimate of drug-likeness (QED) is 0.0853. The number of halogens is 6. The number of nitrogens with one attached hydrogen (secondary N) is 1. The van der Waals surface area contributed by atoms with Crippen molar-refractivity contribution in [3.05, 3.63) is 155 Å². The number of hydrogen-bond acceptors (Lipinski definition) is 6. The summed E-state index contributed by atoms with van der Waals surface area (Å²) in [4.78, 5) is 18.6. The zero-order chi connectivity index (χ0) is 49.5. The van der Waals surface area contributed by atoms with Gasteiger partial charge in [-0.05, 0) is 82.3 Å². The summed E-state index contributed by atoms with van der Waals surface area (Å²) >= 11 is 30.3.